The second-order valence-corrected chi connectivity index (χ2v) is 4.74. The summed E-state index contributed by atoms with van der Waals surface area (Å²) in [7, 11) is 0. The minimum atomic E-state index is 0.266. The Hall–Kier alpha value is -0.220. The van der Waals surface area contributed by atoms with Gasteiger partial charge in [-0.05, 0) is 18.6 Å². The normalized spacial score (nSPS) is 30.2. The van der Waals surface area contributed by atoms with Crippen LogP contribution >= 0.6 is 11.8 Å². The third-order valence-electron chi connectivity index (χ3n) is 2.38. The Labute approximate surface area is 76.9 Å². The number of nitrogens with one attached hydrogen (secondary N) is 1. The van der Waals surface area contributed by atoms with Gasteiger partial charge in [-0.15, -0.1) is 0 Å². The van der Waals surface area contributed by atoms with E-state index in [-0.39, 0.29) is 5.91 Å². The Morgan fingerprint density at radius 3 is 3.17 bits per heavy atom. The minimum Gasteiger partial charge on any atom is -0.328 e. The van der Waals surface area contributed by atoms with Crippen molar-refractivity contribution in [1.82, 2.24) is 10.2 Å². The first-order valence-electron chi connectivity index (χ1n) is 4.46. The van der Waals surface area contributed by atoms with Crippen molar-refractivity contribution < 1.29 is 4.79 Å². The second kappa shape index (κ2) is 3.66. The molecule has 1 amide bonds. The first-order chi connectivity index (χ1) is 5.86. The number of thioether (sulfide) groups is 1. The molecule has 3 nitrogen and oxygen atoms in total. The topological polar surface area (TPSA) is 32.3 Å². The Morgan fingerprint density at radius 2 is 2.58 bits per heavy atom. The summed E-state index contributed by atoms with van der Waals surface area (Å²) in [6, 6.07) is 0. The number of hydrogen-bond donors (Lipinski definition) is 1. The molecule has 4 heteroatoms. The van der Waals surface area contributed by atoms with Gasteiger partial charge in [-0.1, -0.05) is 0 Å². The maximum atomic E-state index is 11.2. The van der Waals surface area contributed by atoms with Crippen LogP contribution in [0.1, 0.15) is 12.8 Å². The van der Waals surface area contributed by atoms with E-state index in [1.807, 2.05) is 16.7 Å². The Kier molecular flexibility index (Phi) is 2.56. The zero-order valence-electron chi connectivity index (χ0n) is 7.08. The van der Waals surface area contributed by atoms with E-state index in [1.165, 1.54) is 18.6 Å². The van der Waals surface area contributed by atoms with E-state index in [0.29, 0.717) is 11.8 Å². The van der Waals surface area contributed by atoms with Crippen molar-refractivity contribution in [3.8, 4) is 0 Å². The molecule has 0 aliphatic carbocycles. The molecule has 2 saturated heterocycles. The van der Waals surface area contributed by atoms with Crippen LogP contribution in [0.25, 0.3) is 0 Å². The molecule has 2 aliphatic rings. The van der Waals surface area contributed by atoms with Crippen molar-refractivity contribution >= 4 is 17.7 Å². The lowest BCUT2D eigenvalue weighted by atomic mass is 10.2. The van der Waals surface area contributed by atoms with E-state index >= 15 is 0 Å². The zero-order valence-corrected chi connectivity index (χ0v) is 7.90. The van der Waals surface area contributed by atoms with Gasteiger partial charge in [0.15, 0.2) is 0 Å². The monoisotopic (exact) mass is 186 g/mol. The van der Waals surface area contributed by atoms with Gasteiger partial charge in [-0.2, -0.15) is 11.8 Å². The molecule has 2 heterocycles. The fourth-order valence-corrected chi connectivity index (χ4v) is 2.98. The number of carbonyl (C=O) groups is 1. The van der Waals surface area contributed by atoms with Gasteiger partial charge in [0, 0.05) is 11.8 Å². The number of amides is 1. The molecule has 0 saturated carbocycles. The van der Waals surface area contributed by atoms with Gasteiger partial charge in [0.05, 0.1) is 13.2 Å². The van der Waals surface area contributed by atoms with Crippen LogP contribution in [0, 0.1) is 0 Å². The maximum Gasteiger partial charge on any atom is 0.237 e. The number of nitrogens with zero attached hydrogens (tertiary/aromatic N) is 1. The maximum absolute atomic E-state index is 11.2. The van der Waals surface area contributed by atoms with Crippen molar-refractivity contribution in [2.24, 2.45) is 0 Å². The predicted octanol–water partition coefficient (Wildman–Crippen LogP) is 0.271. The van der Waals surface area contributed by atoms with E-state index in [1.54, 1.807) is 0 Å². The Bertz CT molecular complexity index is 180. The molecule has 1 atom stereocenters. The highest BCUT2D eigenvalue weighted by atomic mass is 32.2. The van der Waals surface area contributed by atoms with Gasteiger partial charge in [0.25, 0.3) is 0 Å². The molecule has 68 valence electrons. The van der Waals surface area contributed by atoms with Crippen LogP contribution < -0.4 is 5.32 Å². The lowest BCUT2D eigenvalue weighted by Gasteiger charge is -2.18. The quantitative estimate of drug-likeness (QED) is 0.672. The molecule has 0 spiro atoms. The minimum absolute atomic E-state index is 0.266. The van der Waals surface area contributed by atoms with Crippen molar-refractivity contribution in [3.05, 3.63) is 0 Å². The second-order valence-electron chi connectivity index (χ2n) is 3.34. The lowest BCUT2D eigenvalue weighted by molar-refractivity contribution is -0.126. The van der Waals surface area contributed by atoms with Crippen molar-refractivity contribution in [1.29, 1.82) is 0 Å². The molecule has 0 bridgehead atoms. The standard InChI is InChI=1S/C8H14N2OS/c11-8-4-9-6-10(8)5-7-2-1-3-12-7/h7,9H,1-6H2. The van der Waals surface area contributed by atoms with E-state index in [9.17, 15) is 4.79 Å². The largest absolute Gasteiger partial charge is 0.328 e. The van der Waals surface area contributed by atoms with Crippen LogP contribution in [0.4, 0.5) is 0 Å². The van der Waals surface area contributed by atoms with Crippen LogP contribution in [0.2, 0.25) is 0 Å². The van der Waals surface area contributed by atoms with E-state index < -0.39 is 0 Å². The molecule has 2 aliphatic heterocycles. The number of carbonyl (C=O) groups excluding carboxylic acids is 1. The molecule has 1 unspecified atom stereocenters. The smallest absolute Gasteiger partial charge is 0.237 e. The molecule has 2 rings (SSSR count). The summed E-state index contributed by atoms with van der Waals surface area (Å²) >= 11 is 2.01. The van der Waals surface area contributed by atoms with Crippen molar-refractivity contribution in [2.45, 2.75) is 18.1 Å². The number of hydrogen-bond acceptors (Lipinski definition) is 3. The summed E-state index contributed by atoms with van der Waals surface area (Å²) in [6.07, 6.45) is 2.61. The summed E-state index contributed by atoms with van der Waals surface area (Å²) in [5.74, 6) is 1.54. The fraction of sp³-hybridized carbons (Fsp3) is 0.875. The van der Waals surface area contributed by atoms with Crippen LogP contribution in [-0.4, -0.2) is 41.6 Å². The van der Waals surface area contributed by atoms with Crippen LogP contribution in [0.5, 0.6) is 0 Å². The van der Waals surface area contributed by atoms with Gasteiger partial charge >= 0.3 is 0 Å². The highest BCUT2D eigenvalue weighted by molar-refractivity contribution is 8.00. The molecule has 0 aromatic rings. The third-order valence-corrected chi connectivity index (χ3v) is 3.76. The number of rotatable bonds is 2. The SMILES string of the molecule is O=C1CNCN1CC1CCCS1. The van der Waals surface area contributed by atoms with Gasteiger partial charge in [-0.3, -0.25) is 10.1 Å². The lowest BCUT2D eigenvalue weighted by Crippen LogP contribution is -2.32. The average molecular weight is 186 g/mol. The van der Waals surface area contributed by atoms with Gasteiger partial charge in [0.1, 0.15) is 0 Å². The van der Waals surface area contributed by atoms with Gasteiger partial charge < -0.3 is 4.90 Å². The molecule has 1 N–H and O–H groups in total. The summed E-state index contributed by atoms with van der Waals surface area (Å²) in [5.41, 5.74) is 0. The third kappa shape index (κ3) is 1.75. The molecular weight excluding hydrogens is 172 g/mol. The van der Waals surface area contributed by atoms with E-state index in [4.69, 9.17) is 0 Å². The van der Waals surface area contributed by atoms with Gasteiger partial charge in [0.2, 0.25) is 5.91 Å². The first-order valence-corrected chi connectivity index (χ1v) is 5.51. The highest BCUT2D eigenvalue weighted by Gasteiger charge is 2.24. The molecule has 0 aromatic heterocycles. The van der Waals surface area contributed by atoms with E-state index in [2.05, 4.69) is 5.32 Å². The van der Waals surface area contributed by atoms with Crippen LogP contribution in [0.15, 0.2) is 0 Å². The molecule has 12 heavy (non-hydrogen) atoms. The van der Waals surface area contributed by atoms with Crippen molar-refractivity contribution in [3.63, 3.8) is 0 Å². The highest BCUT2D eigenvalue weighted by Crippen LogP contribution is 2.26. The predicted molar refractivity (Wildman–Crippen MR) is 50.1 cm³/mol. The van der Waals surface area contributed by atoms with Crippen molar-refractivity contribution in [2.75, 3.05) is 25.5 Å². The Balaban J connectivity index is 1.81. The Morgan fingerprint density at radius 1 is 1.67 bits per heavy atom. The summed E-state index contributed by atoms with van der Waals surface area (Å²) < 4.78 is 0. The summed E-state index contributed by atoms with van der Waals surface area (Å²) in [4.78, 5) is 13.1. The molecule has 0 aromatic carbocycles. The molecule has 2 fully saturated rings. The van der Waals surface area contributed by atoms with E-state index in [0.717, 1.165) is 13.2 Å². The molecule has 0 radical (unpaired) electrons. The molecular formula is C8H14N2OS. The van der Waals surface area contributed by atoms with Gasteiger partial charge in [-0.25, -0.2) is 0 Å². The first kappa shape index (κ1) is 8.38. The van der Waals surface area contributed by atoms with Crippen LogP contribution in [-0.2, 0) is 4.79 Å². The average Bonchev–Trinajstić information content (AvgIpc) is 2.65. The van der Waals surface area contributed by atoms with Crippen LogP contribution in [0.3, 0.4) is 0 Å². The zero-order chi connectivity index (χ0) is 8.39. The summed E-state index contributed by atoms with van der Waals surface area (Å²) in [6.45, 7) is 2.25. The summed E-state index contributed by atoms with van der Waals surface area (Å²) in [5, 5.41) is 3.77. The fourth-order valence-electron chi connectivity index (χ4n) is 1.70.